The Morgan fingerprint density at radius 1 is 1.60 bits per heavy atom. The molecule has 0 radical (unpaired) electrons. The molecule has 0 bridgehead atoms. The Labute approximate surface area is 104 Å². The fraction of sp³-hybridized carbons (Fsp3) is 0.667. The molecule has 1 fully saturated rings. The largest absolute Gasteiger partial charge is 0.378 e. The highest BCUT2D eigenvalue weighted by Gasteiger charge is 2.31. The van der Waals surface area contributed by atoms with Crippen LogP contribution in [-0.2, 0) is 11.2 Å². The third kappa shape index (κ3) is 2.45. The van der Waals surface area contributed by atoms with Gasteiger partial charge in [0.2, 0.25) is 0 Å². The lowest BCUT2D eigenvalue weighted by molar-refractivity contribution is 0.106. The Balaban J connectivity index is 2.09. The molecule has 0 saturated carbocycles. The SMILES string of the molecule is CCc1ccc(C(Br)C2CCOC2C)s1. The zero-order valence-corrected chi connectivity index (χ0v) is 11.6. The Morgan fingerprint density at radius 3 is 2.93 bits per heavy atom. The van der Waals surface area contributed by atoms with Gasteiger partial charge in [-0.15, -0.1) is 11.3 Å². The molecule has 1 aliphatic rings. The molecule has 1 aromatic heterocycles. The zero-order valence-electron chi connectivity index (χ0n) is 9.20. The van der Waals surface area contributed by atoms with Gasteiger partial charge in [0.1, 0.15) is 0 Å². The van der Waals surface area contributed by atoms with Crippen molar-refractivity contribution in [1.82, 2.24) is 0 Å². The molecule has 15 heavy (non-hydrogen) atoms. The molecule has 0 N–H and O–H groups in total. The summed E-state index contributed by atoms with van der Waals surface area (Å²) < 4.78 is 5.62. The van der Waals surface area contributed by atoms with Gasteiger partial charge in [-0.2, -0.15) is 0 Å². The number of alkyl halides is 1. The van der Waals surface area contributed by atoms with Gasteiger partial charge in [0, 0.05) is 22.3 Å². The standard InChI is InChI=1S/C12H17BrOS/c1-3-9-4-5-11(15-9)12(13)10-6-7-14-8(10)2/h4-5,8,10,12H,3,6-7H2,1-2H3. The normalized spacial score (nSPS) is 28.2. The Hall–Kier alpha value is 0.140. The molecule has 1 nitrogen and oxygen atoms in total. The fourth-order valence-corrected chi connectivity index (χ4v) is 4.21. The lowest BCUT2D eigenvalue weighted by atomic mass is 9.98. The Bertz CT molecular complexity index is 323. The third-order valence-corrected chi connectivity index (χ3v) is 5.90. The van der Waals surface area contributed by atoms with Gasteiger partial charge in [-0.05, 0) is 31.9 Å². The second kappa shape index (κ2) is 4.98. The molecule has 3 atom stereocenters. The van der Waals surface area contributed by atoms with E-state index in [0.717, 1.165) is 13.0 Å². The highest BCUT2D eigenvalue weighted by atomic mass is 79.9. The fourth-order valence-electron chi connectivity index (χ4n) is 2.08. The smallest absolute Gasteiger partial charge is 0.0590 e. The summed E-state index contributed by atoms with van der Waals surface area (Å²) in [6.07, 6.45) is 2.71. The molecule has 0 aromatic carbocycles. The van der Waals surface area contributed by atoms with Crippen molar-refractivity contribution in [2.45, 2.75) is 37.6 Å². The van der Waals surface area contributed by atoms with Crippen LogP contribution in [-0.4, -0.2) is 12.7 Å². The highest BCUT2D eigenvalue weighted by Crippen LogP contribution is 2.41. The molecular formula is C12H17BrOS. The maximum absolute atomic E-state index is 5.62. The minimum atomic E-state index is 0.390. The van der Waals surface area contributed by atoms with Gasteiger partial charge in [0.05, 0.1) is 10.9 Å². The first-order valence-electron chi connectivity index (χ1n) is 5.56. The van der Waals surface area contributed by atoms with Crippen LogP contribution >= 0.6 is 27.3 Å². The van der Waals surface area contributed by atoms with Crippen molar-refractivity contribution in [2.24, 2.45) is 5.92 Å². The van der Waals surface area contributed by atoms with E-state index in [1.807, 2.05) is 11.3 Å². The van der Waals surface area contributed by atoms with Crippen molar-refractivity contribution >= 4 is 27.3 Å². The summed E-state index contributed by atoms with van der Waals surface area (Å²) in [5.41, 5.74) is 0. The van der Waals surface area contributed by atoms with E-state index in [0.29, 0.717) is 16.8 Å². The van der Waals surface area contributed by atoms with E-state index in [4.69, 9.17) is 4.74 Å². The van der Waals surface area contributed by atoms with E-state index < -0.39 is 0 Å². The van der Waals surface area contributed by atoms with Gasteiger partial charge >= 0.3 is 0 Å². The molecule has 3 heteroatoms. The zero-order chi connectivity index (χ0) is 10.8. The van der Waals surface area contributed by atoms with Crippen LogP contribution in [0.25, 0.3) is 0 Å². The van der Waals surface area contributed by atoms with Gasteiger partial charge in [0.25, 0.3) is 0 Å². The first-order valence-corrected chi connectivity index (χ1v) is 7.30. The molecule has 1 saturated heterocycles. The maximum atomic E-state index is 5.62. The lowest BCUT2D eigenvalue weighted by Crippen LogP contribution is -2.15. The number of aryl methyl sites for hydroxylation is 1. The average molecular weight is 289 g/mol. The molecule has 0 amide bonds. The van der Waals surface area contributed by atoms with Crippen LogP contribution in [0.15, 0.2) is 12.1 Å². The summed E-state index contributed by atoms with van der Waals surface area (Å²) in [6, 6.07) is 4.50. The van der Waals surface area contributed by atoms with Crippen molar-refractivity contribution in [3.05, 3.63) is 21.9 Å². The Morgan fingerprint density at radius 2 is 2.40 bits per heavy atom. The average Bonchev–Trinajstić information content (AvgIpc) is 2.84. The van der Waals surface area contributed by atoms with Crippen LogP contribution in [0.2, 0.25) is 0 Å². The van der Waals surface area contributed by atoms with E-state index in [-0.39, 0.29) is 0 Å². The first kappa shape index (κ1) is 11.6. The summed E-state index contributed by atoms with van der Waals surface area (Å²) in [6.45, 7) is 5.31. The minimum absolute atomic E-state index is 0.390. The molecule has 2 rings (SSSR count). The molecule has 0 aliphatic carbocycles. The molecular weight excluding hydrogens is 272 g/mol. The van der Waals surface area contributed by atoms with Crippen molar-refractivity contribution in [2.75, 3.05) is 6.61 Å². The summed E-state index contributed by atoms with van der Waals surface area (Å²) >= 11 is 5.75. The van der Waals surface area contributed by atoms with Gasteiger partial charge in [0.15, 0.2) is 0 Å². The van der Waals surface area contributed by atoms with Gasteiger partial charge < -0.3 is 4.74 Å². The van der Waals surface area contributed by atoms with Crippen LogP contribution in [0.3, 0.4) is 0 Å². The molecule has 84 valence electrons. The minimum Gasteiger partial charge on any atom is -0.378 e. The van der Waals surface area contributed by atoms with Crippen molar-refractivity contribution < 1.29 is 4.74 Å². The van der Waals surface area contributed by atoms with Gasteiger partial charge in [-0.25, -0.2) is 0 Å². The summed E-state index contributed by atoms with van der Waals surface area (Å²) in [4.78, 5) is 3.40. The number of hydrogen-bond donors (Lipinski definition) is 0. The van der Waals surface area contributed by atoms with Gasteiger partial charge in [-0.3, -0.25) is 0 Å². The van der Waals surface area contributed by atoms with E-state index in [1.54, 1.807) is 0 Å². The molecule has 2 heterocycles. The van der Waals surface area contributed by atoms with Gasteiger partial charge in [-0.1, -0.05) is 22.9 Å². The van der Waals surface area contributed by atoms with Crippen LogP contribution in [0.5, 0.6) is 0 Å². The van der Waals surface area contributed by atoms with Crippen LogP contribution < -0.4 is 0 Å². The second-order valence-electron chi connectivity index (χ2n) is 4.09. The number of halogens is 1. The van der Waals surface area contributed by atoms with Crippen molar-refractivity contribution in [3.63, 3.8) is 0 Å². The summed E-state index contributed by atoms with van der Waals surface area (Å²) in [5.74, 6) is 0.633. The second-order valence-corrected chi connectivity index (χ2v) is 6.27. The monoisotopic (exact) mass is 288 g/mol. The van der Waals surface area contributed by atoms with Crippen LogP contribution in [0.1, 0.15) is 34.8 Å². The highest BCUT2D eigenvalue weighted by molar-refractivity contribution is 9.09. The van der Waals surface area contributed by atoms with Crippen LogP contribution in [0.4, 0.5) is 0 Å². The first-order chi connectivity index (χ1) is 7.22. The van der Waals surface area contributed by atoms with Crippen LogP contribution in [0, 0.1) is 5.92 Å². The number of hydrogen-bond acceptors (Lipinski definition) is 2. The van der Waals surface area contributed by atoms with Crippen molar-refractivity contribution in [1.29, 1.82) is 0 Å². The maximum Gasteiger partial charge on any atom is 0.0590 e. The molecule has 1 aromatic rings. The van der Waals surface area contributed by atoms with E-state index in [1.165, 1.54) is 16.2 Å². The van der Waals surface area contributed by atoms with E-state index in [9.17, 15) is 0 Å². The lowest BCUT2D eigenvalue weighted by Gasteiger charge is -2.19. The summed E-state index contributed by atoms with van der Waals surface area (Å²) in [5, 5.41) is 0. The Kier molecular flexibility index (Phi) is 3.86. The number of rotatable bonds is 3. The van der Waals surface area contributed by atoms with E-state index >= 15 is 0 Å². The summed E-state index contributed by atoms with van der Waals surface area (Å²) in [7, 11) is 0. The molecule has 0 spiro atoms. The quantitative estimate of drug-likeness (QED) is 0.759. The number of thiophene rings is 1. The predicted molar refractivity (Wildman–Crippen MR) is 68.9 cm³/mol. The molecule has 1 aliphatic heterocycles. The third-order valence-electron chi connectivity index (χ3n) is 3.11. The molecule has 3 unspecified atom stereocenters. The van der Waals surface area contributed by atoms with Crippen molar-refractivity contribution in [3.8, 4) is 0 Å². The predicted octanol–water partition coefficient (Wildman–Crippen LogP) is 4.17. The van der Waals surface area contributed by atoms with E-state index in [2.05, 4.69) is 41.9 Å². The number of ether oxygens (including phenoxy) is 1. The topological polar surface area (TPSA) is 9.23 Å².